The first-order valence-corrected chi connectivity index (χ1v) is 7.06. The lowest BCUT2D eigenvalue weighted by Crippen LogP contribution is -2.57. The highest BCUT2D eigenvalue weighted by molar-refractivity contribution is 5.92. The van der Waals surface area contributed by atoms with E-state index in [2.05, 4.69) is 5.32 Å². The van der Waals surface area contributed by atoms with Crippen molar-refractivity contribution in [2.45, 2.75) is 45.7 Å². The summed E-state index contributed by atoms with van der Waals surface area (Å²) >= 11 is 0. The van der Waals surface area contributed by atoms with Gasteiger partial charge >= 0.3 is 0 Å². The number of amides is 3. The van der Waals surface area contributed by atoms with Crippen molar-refractivity contribution in [3.05, 3.63) is 0 Å². The van der Waals surface area contributed by atoms with Gasteiger partial charge in [-0.25, -0.2) is 0 Å². The van der Waals surface area contributed by atoms with Crippen LogP contribution < -0.4 is 11.1 Å². The number of likely N-dealkylation sites (tertiary alicyclic amines) is 1. The third-order valence-electron chi connectivity index (χ3n) is 3.56. The number of primary amides is 1. The van der Waals surface area contributed by atoms with Gasteiger partial charge in [0.15, 0.2) is 0 Å². The minimum atomic E-state index is -0.722. The van der Waals surface area contributed by atoms with Gasteiger partial charge in [0, 0.05) is 13.7 Å². The molecule has 7 nitrogen and oxygen atoms in total. The number of ether oxygens (including phenoxy) is 1. The Morgan fingerprint density at radius 1 is 1.38 bits per heavy atom. The van der Waals surface area contributed by atoms with Gasteiger partial charge in [-0.3, -0.25) is 14.4 Å². The highest BCUT2D eigenvalue weighted by Gasteiger charge is 2.41. The summed E-state index contributed by atoms with van der Waals surface area (Å²) in [4.78, 5) is 37.4. The minimum Gasteiger partial charge on any atom is -0.375 e. The zero-order valence-electron chi connectivity index (χ0n) is 13.1. The molecule has 3 amide bonds. The van der Waals surface area contributed by atoms with Gasteiger partial charge in [0.25, 0.3) is 0 Å². The number of rotatable bonds is 5. The average molecular weight is 299 g/mol. The number of nitrogens with one attached hydrogen (secondary N) is 1. The Hall–Kier alpha value is -1.63. The van der Waals surface area contributed by atoms with Crippen LogP contribution in [0.3, 0.4) is 0 Å². The van der Waals surface area contributed by atoms with Gasteiger partial charge in [-0.15, -0.1) is 0 Å². The monoisotopic (exact) mass is 299 g/mol. The fourth-order valence-corrected chi connectivity index (χ4v) is 2.47. The third-order valence-corrected chi connectivity index (χ3v) is 3.56. The second kappa shape index (κ2) is 6.89. The molecule has 0 aromatic rings. The van der Waals surface area contributed by atoms with Crippen LogP contribution in [0.25, 0.3) is 0 Å². The Kier molecular flexibility index (Phi) is 5.71. The number of nitrogens with zero attached hydrogens (tertiary/aromatic N) is 1. The summed E-state index contributed by atoms with van der Waals surface area (Å²) in [6, 6.07) is -1.30. The summed E-state index contributed by atoms with van der Waals surface area (Å²) < 4.78 is 4.77. The van der Waals surface area contributed by atoms with Crippen LogP contribution in [-0.2, 0) is 19.1 Å². The summed E-state index contributed by atoms with van der Waals surface area (Å²) in [6.45, 7) is 5.95. The van der Waals surface area contributed by atoms with Crippen molar-refractivity contribution in [1.29, 1.82) is 0 Å². The molecule has 21 heavy (non-hydrogen) atoms. The van der Waals surface area contributed by atoms with Crippen molar-refractivity contribution in [3.63, 3.8) is 0 Å². The number of carbonyl (C=O) groups excluding carboxylic acids is 3. The Bertz CT molecular complexity index is 417. The van der Waals surface area contributed by atoms with E-state index in [1.54, 1.807) is 0 Å². The van der Waals surface area contributed by atoms with Crippen LogP contribution in [0.5, 0.6) is 0 Å². The van der Waals surface area contributed by atoms with E-state index in [0.29, 0.717) is 13.0 Å². The van der Waals surface area contributed by atoms with E-state index in [9.17, 15) is 14.4 Å². The van der Waals surface area contributed by atoms with E-state index in [1.165, 1.54) is 12.0 Å². The number of methoxy groups -OCH3 is 1. The van der Waals surface area contributed by atoms with Crippen LogP contribution in [0.15, 0.2) is 0 Å². The lowest BCUT2D eigenvalue weighted by atomic mass is 9.85. The number of nitrogens with two attached hydrogens (primary N) is 1. The SMILES string of the molecule is COCC(=O)N[C@H](C(=O)N1CCCC1C(N)=O)C(C)(C)C. The topological polar surface area (TPSA) is 102 Å². The van der Waals surface area contributed by atoms with E-state index < -0.39 is 23.4 Å². The first-order chi connectivity index (χ1) is 9.68. The van der Waals surface area contributed by atoms with Gasteiger partial charge in [-0.1, -0.05) is 20.8 Å². The Labute approximate surface area is 125 Å². The summed E-state index contributed by atoms with van der Waals surface area (Å²) in [5.41, 5.74) is 4.86. The van der Waals surface area contributed by atoms with Crippen LogP contribution in [-0.4, -0.2) is 55.0 Å². The smallest absolute Gasteiger partial charge is 0.246 e. The van der Waals surface area contributed by atoms with Crippen LogP contribution in [0, 0.1) is 5.41 Å². The summed E-state index contributed by atoms with van der Waals surface area (Å²) in [5.74, 6) is -1.13. The highest BCUT2D eigenvalue weighted by Crippen LogP contribution is 2.25. The van der Waals surface area contributed by atoms with E-state index in [1.807, 2.05) is 20.8 Å². The predicted molar refractivity (Wildman–Crippen MR) is 77.2 cm³/mol. The van der Waals surface area contributed by atoms with Crippen molar-refractivity contribution in [1.82, 2.24) is 10.2 Å². The Morgan fingerprint density at radius 3 is 2.48 bits per heavy atom. The molecule has 1 heterocycles. The molecule has 1 aliphatic rings. The second-order valence-corrected chi connectivity index (χ2v) is 6.39. The molecule has 3 N–H and O–H groups in total. The molecule has 1 fully saturated rings. The summed E-state index contributed by atoms with van der Waals surface area (Å²) in [6.07, 6.45) is 1.31. The van der Waals surface area contributed by atoms with Crippen molar-refractivity contribution in [2.24, 2.45) is 11.1 Å². The molecule has 0 aromatic carbocycles. The number of hydrogen-bond donors (Lipinski definition) is 2. The van der Waals surface area contributed by atoms with Gasteiger partial charge in [0.2, 0.25) is 17.7 Å². The maximum atomic E-state index is 12.7. The Balaban J connectivity index is 2.90. The molecule has 0 bridgehead atoms. The molecular weight excluding hydrogens is 274 g/mol. The van der Waals surface area contributed by atoms with Crippen LogP contribution in [0.4, 0.5) is 0 Å². The molecule has 0 aliphatic carbocycles. The molecule has 0 aromatic heterocycles. The summed E-state index contributed by atoms with van der Waals surface area (Å²) in [5, 5.41) is 2.69. The molecule has 1 saturated heterocycles. The largest absolute Gasteiger partial charge is 0.375 e. The average Bonchev–Trinajstić information content (AvgIpc) is 2.83. The van der Waals surface area contributed by atoms with Crippen molar-refractivity contribution < 1.29 is 19.1 Å². The molecule has 1 rings (SSSR count). The van der Waals surface area contributed by atoms with E-state index in [4.69, 9.17) is 10.5 Å². The van der Waals surface area contributed by atoms with Gasteiger partial charge < -0.3 is 20.7 Å². The molecule has 2 atom stereocenters. The zero-order chi connectivity index (χ0) is 16.2. The van der Waals surface area contributed by atoms with E-state index in [0.717, 1.165) is 6.42 Å². The minimum absolute atomic E-state index is 0.112. The van der Waals surface area contributed by atoms with Crippen LogP contribution in [0.1, 0.15) is 33.6 Å². The molecular formula is C14H25N3O4. The zero-order valence-corrected chi connectivity index (χ0v) is 13.1. The molecule has 0 spiro atoms. The first kappa shape index (κ1) is 17.4. The fraction of sp³-hybridized carbons (Fsp3) is 0.786. The third kappa shape index (κ3) is 4.42. The fourth-order valence-electron chi connectivity index (χ4n) is 2.47. The van der Waals surface area contributed by atoms with Crippen LogP contribution in [0.2, 0.25) is 0 Å². The lowest BCUT2D eigenvalue weighted by molar-refractivity contribution is -0.143. The van der Waals surface area contributed by atoms with Gasteiger partial charge in [0.1, 0.15) is 18.7 Å². The van der Waals surface area contributed by atoms with Gasteiger partial charge in [-0.2, -0.15) is 0 Å². The molecule has 120 valence electrons. The normalized spacial score (nSPS) is 20.2. The molecule has 1 unspecified atom stereocenters. The van der Waals surface area contributed by atoms with Crippen molar-refractivity contribution >= 4 is 17.7 Å². The predicted octanol–water partition coefficient (Wildman–Crippen LogP) is -0.360. The molecule has 7 heteroatoms. The van der Waals surface area contributed by atoms with E-state index >= 15 is 0 Å². The second-order valence-electron chi connectivity index (χ2n) is 6.39. The highest BCUT2D eigenvalue weighted by atomic mass is 16.5. The maximum Gasteiger partial charge on any atom is 0.246 e. The van der Waals surface area contributed by atoms with Crippen LogP contribution >= 0.6 is 0 Å². The van der Waals surface area contributed by atoms with Gasteiger partial charge in [0.05, 0.1) is 0 Å². The van der Waals surface area contributed by atoms with E-state index in [-0.39, 0.29) is 18.4 Å². The molecule has 0 saturated carbocycles. The quantitative estimate of drug-likeness (QED) is 0.723. The number of carbonyl (C=O) groups is 3. The van der Waals surface area contributed by atoms with Gasteiger partial charge in [-0.05, 0) is 18.3 Å². The molecule has 0 radical (unpaired) electrons. The van der Waals surface area contributed by atoms with Crippen molar-refractivity contribution in [3.8, 4) is 0 Å². The Morgan fingerprint density at radius 2 is 2.00 bits per heavy atom. The standard InChI is InChI=1S/C14H25N3O4/c1-14(2,3)11(16-10(18)8-21-4)13(20)17-7-5-6-9(17)12(15)19/h9,11H,5-8H2,1-4H3,(H2,15,19)(H,16,18)/t9?,11-/m1/s1. The summed E-state index contributed by atoms with van der Waals surface area (Å²) in [7, 11) is 1.41. The first-order valence-electron chi connectivity index (χ1n) is 7.06. The molecule has 1 aliphatic heterocycles. The van der Waals surface area contributed by atoms with Crippen molar-refractivity contribution in [2.75, 3.05) is 20.3 Å². The number of hydrogen-bond acceptors (Lipinski definition) is 4. The lowest BCUT2D eigenvalue weighted by Gasteiger charge is -2.35. The maximum absolute atomic E-state index is 12.7.